The molecule has 2 heterocycles. The average Bonchev–Trinajstić information content (AvgIpc) is 3.19. The van der Waals surface area contributed by atoms with Crippen molar-refractivity contribution in [3.05, 3.63) is 57.3 Å². The minimum absolute atomic E-state index is 0.225. The average molecular weight is 415 g/mol. The van der Waals surface area contributed by atoms with Crippen molar-refractivity contribution in [3.63, 3.8) is 0 Å². The van der Waals surface area contributed by atoms with Crippen molar-refractivity contribution in [2.24, 2.45) is 0 Å². The van der Waals surface area contributed by atoms with Crippen molar-refractivity contribution in [2.45, 2.75) is 17.8 Å². The molecule has 2 atom stereocenters. The molecule has 0 saturated heterocycles. The molecule has 5 rings (SSSR count). The molecular formula is C18H14IN3O. The normalized spacial score (nSPS) is 25.4. The molecule has 2 aromatic carbocycles. The standard InChI is InChI=1S/C18H14IN3O/c1-22-15-5-3-2-4-12(15)18(17(22)23)9-13(18)10-6-7-11-14(8-10)20-21-16(11)19/h2-8,13H,9H2,1H3,(H,20,21)/t13-,18?/m0/s1. The number of anilines is 1. The summed E-state index contributed by atoms with van der Waals surface area (Å²) in [7, 11) is 1.88. The van der Waals surface area contributed by atoms with Gasteiger partial charge in [-0.2, -0.15) is 5.10 Å². The SMILES string of the molecule is CN1C(=O)C2(C[C@H]2c2ccc3c(I)n[nH]c3c2)c2ccccc21. The Morgan fingerprint density at radius 1 is 1.30 bits per heavy atom. The third kappa shape index (κ3) is 1.60. The number of carbonyl (C=O) groups is 1. The molecule has 5 heteroatoms. The van der Waals surface area contributed by atoms with Crippen molar-refractivity contribution < 1.29 is 4.79 Å². The van der Waals surface area contributed by atoms with Crippen LogP contribution in [0.15, 0.2) is 42.5 Å². The number of aromatic amines is 1. The Balaban J connectivity index is 1.63. The lowest BCUT2D eigenvalue weighted by Gasteiger charge is -2.11. The Bertz CT molecular complexity index is 979. The third-order valence-corrected chi connectivity index (χ3v) is 6.16. The van der Waals surface area contributed by atoms with E-state index in [2.05, 4.69) is 57.1 Å². The first kappa shape index (κ1) is 13.5. The van der Waals surface area contributed by atoms with Crippen LogP contribution < -0.4 is 4.90 Å². The van der Waals surface area contributed by atoms with Crippen LogP contribution in [0.3, 0.4) is 0 Å². The second kappa shape index (κ2) is 4.35. The summed E-state index contributed by atoms with van der Waals surface area (Å²) in [6.07, 6.45) is 0.893. The number of amides is 1. The van der Waals surface area contributed by atoms with E-state index in [9.17, 15) is 4.79 Å². The number of hydrogen-bond donors (Lipinski definition) is 1. The van der Waals surface area contributed by atoms with Gasteiger partial charge < -0.3 is 4.90 Å². The van der Waals surface area contributed by atoms with Crippen LogP contribution in [0.5, 0.6) is 0 Å². The minimum atomic E-state index is -0.355. The topological polar surface area (TPSA) is 49.0 Å². The van der Waals surface area contributed by atoms with Gasteiger partial charge in [0.2, 0.25) is 5.91 Å². The number of carbonyl (C=O) groups excluding carboxylic acids is 1. The zero-order valence-electron chi connectivity index (χ0n) is 12.5. The van der Waals surface area contributed by atoms with E-state index in [0.717, 1.165) is 26.7 Å². The van der Waals surface area contributed by atoms with Crippen LogP contribution in [0.1, 0.15) is 23.5 Å². The summed E-state index contributed by atoms with van der Waals surface area (Å²) >= 11 is 2.23. The molecule has 1 amide bonds. The van der Waals surface area contributed by atoms with Gasteiger partial charge in [-0.05, 0) is 58.3 Å². The first-order chi connectivity index (χ1) is 11.1. The highest BCUT2D eigenvalue weighted by molar-refractivity contribution is 14.1. The third-order valence-electron chi connectivity index (χ3n) is 5.34. The molecule has 1 saturated carbocycles. The molecule has 2 aliphatic rings. The molecule has 1 aliphatic heterocycles. The van der Waals surface area contributed by atoms with Gasteiger partial charge in [-0.3, -0.25) is 9.89 Å². The molecule has 1 fully saturated rings. The van der Waals surface area contributed by atoms with Gasteiger partial charge in [0.05, 0.1) is 10.9 Å². The van der Waals surface area contributed by atoms with Gasteiger partial charge in [0, 0.05) is 24.0 Å². The van der Waals surface area contributed by atoms with Crippen molar-refractivity contribution in [3.8, 4) is 0 Å². The van der Waals surface area contributed by atoms with E-state index >= 15 is 0 Å². The van der Waals surface area contributed by atoms with Crippen LogP contribution in [0.2, 0.25) is 0 Å². The molecule has 0 bridgehead atoms. The number of benzene rings is 2. The van der Waals surface area contributed by atoms with Crippen LogP contribution in [0, 0.1) is 3.70 Å². The van der Waals surface area contributed by atoms with E-state index in [1.807, 2.05) is 30.1 Å². The molecule has 114 valence electrons. The highest BCUT2D eigenvalue weighted by atomic mass is 127. The summed E-state index contributed by atoms with van der Waals surface area (Å²) in [6.45, 7) is 0. The molecule has 1 unspecified atom stereocenters. The van der Waals surface area contributed by atoms with Gasteiger partial charge in [-0.25, -0.2) is 0 Å². The molecule has 4 nitrogen and oxygen atoms in total. The van der Waals surface area contributed by atoms with Crippen molar-refractivity contribution in [2.75, 3.05) is 11.9 Å². The first-order valence-electron chi connectivity index (χ1n) is 7.64. The lowest BCUT2D eigenvalue weighted by Crippen LogP contribution is -2.29. The fourth-order valence-electron chi connectivity index (χ4n) is 4.09. The molecule has 1 N–H and O–H groups in total. The van der Waals surface area contributed by atoms with E-state index in [1.54, 1.807) is 0 Å². The Labute approximate surface area is 147 Å². The number of fused-ring (bicyclic) bond motifs is 3. The molecular weight excluding hydrogens is 401 g/mol. The maximum absolute atomic E-state index is 12.9. The van der Waals surface area contributed by atoms with Crippen LogP contribution in [-0.2, 0) is 10.2 Å². The number of H-pyrrole nitrogens is 1. The molecule has 23 heavy (non-hydrogen) atoms. The van der Waals surface area contributed by atoms with Crippen molar-refractivity contribution >= 4 is 45.1 Å². The molecule has 1 aromatic heterocycles. The Hall–Kier alpha value is -1.89. The number of para-hydroxylation sites is 1. The van der Waals surface area contributed by atoms with Gasteiger partial charge in [0.1, 0.15) is 3.70 Å². The lowest BCUT2D eigenvalue weighted by atomic mass is 9.92. The van der Waals surface area contributed by atoms with Gasteiger partial charge >= 0.3 is 0 Å². The monoisotopic (exact) mass is 415 g/mol. The zero-order valence-corrected chi connectivity index (χ0v) is 14.7. The van der Waals surface area contributed by atoms with Crippen LogP contribution in [0.25, 0.3) is 10.9 Å². The molecule has 0 radical (unpaired) electrons. The number of halogens is 1. The number of nitrogens with one attached hydrogen (secondary N) is 1. The largest absolute Gasteiger partial charge is 0.314 e. The van der Waals surface area contributed by atoms with Crippen LogP contribution in [0.4, 0.5) is 5.69 Å². The summed E-state index contributed by atoms with van der Waals surface area (Å²) in [5.41, 5.74) is 4.14. The molecule has 3 aromatic rings. The number of aromatic nitrogens is 2. The van der Waals surface area contributed by atoms with Crippen molar-refractivity contribution in [1.82, 2.24) is 10.2 Å². The number of nitrogens with zero attached hydrogens (tertiary/aromatic N) is 2. The highest BCUT2D eigenvalue weighted by Gasteiger charge is 2.66. The van der Waals surface area contributed by atoms with Gasteiger partial charge in [-0.1, -0.05) is 24.3 Å². The maximum Gasteiger partial charge on any atom is 0.238 e. The van der Waals surface area contributed by atoms with E-state index in [1.165, 1.54) is 11.1 Å². The number of hydrogen-bond acceptors (Lipinski definition) is 2. The smallest absolute Gasteiger partial charge is 0.238 e. The quantitative estimate of drug-likeness (QED) is 0.618. The summed E-state index contributed by atoms with van der Waals surface area (Å²) in [5.74, 6) is 0.481. The Morgan fingerprint density at radius 3 is 3.00 bits per heavy atom. The molecule has 1 spiro atoms. The summed E-state index contributed by atoms with van der Waals surface area (Å²) < 4.78 is 0.983. The zero-order chi connectivity index (χ0) is 15.8. The maximum atomic E-state index is 12.9. The predicted octanol–water partition coefficient (Wildman–Crippen LogP) is 3.57. The summed E-state index contributed by atoms with van der Waals surface area (Å²) in [5, 5.41) is 8.47. The van der Waals surface area contributed by atoms with E-state index in [0.29, 0.717) is 0 Å². The second-order valence-corrected chi connectivity index (χ2v) is 7.45. The van der Waals surface area contributed by atoms with Gasteiger partial charge in [0.25, 0.3) is 0 Å². The first-order valence-corrected chi connectivity index (χ1v) is 8.72. The summed E-state index contributed by atoms with van der Waals surface area (Å²) in [6, 6.07) is 14.6. The van der Waals surface area contributed by atoms with Gasteiger partial charge in [0.15, 0.2) is 0 Å². The second-order valence-electron chi connectivity index (χ2n) is 6.43. The number of rotatable bonds is 1. The van der Waals surface area contributed by atoms with E-state index in [4.69, 9.17) is 0 Å². The van der Waals surface area contributed by atoms with Crippen LogP contribution >= 0.6 is 22.6 Å². The summed E-state index contributed by atoms with van der Waals surface area (Å²) in [4.78, 5) is 14.7. The fourth-order valence-corrected chi connectivity index (χ4v) is 4.68. The van der Waals surface area contributed by atoms with Crippen molar-refractivity contribution in [1.29, 1.82) is 0 Å². The Morgan fingerprint density at radius 2 is 2.13 bits per heavy atom. The molecule has 1 aliphatic carbocycles. The minimum Gasteiger partial charge on any atom is -0.314 e. The lowest BCUT2D eigenvalue weighted by molar-refractivity contribution is -0.120. The van der Waals surface area contributed by atoms with Crippen LogP contribution in [-0.4, -0.2) is 23.2 Å². The van der Waals surface area contributed by atoms with Gasteiger partial charge in [-0.15, -0.1) is 0 Å². The number of likely N-dealkylation sites (N-methyl/N-ethyl adjacent to an activating group) is 1. The predicted molar refractivity (Wildman–Crippen MR) is 97.7 cm³/mol. The highest BCUT2D eigenvalue weighted by Crippen LogP contribution is 2.66. The van der Waals surface area contributed by atoms with E-state index < -0.39 is 0 Å². The fraction of sp³-hybridized carbons (Fsp3) is 0.222. The Kier molecular flexibility index (Phi) is 2.56. The van der Waals surface area contributed by atoms with E-state index in [-0.39, 0.29) is 17.2 Å².